The van der Waals surface area contributed by atoms with E-state index in [2.05, 4.69) is 20.1 Å². The molecule has 2 atom stereocenters. The van der Waals surface area contributed by atoms with Gasteiger partial charge < -0.3 is 18.9 Å². The second-order valence-corrected chi connectivity index (χ2v) is 10.6. The molecule has 0 N–H and O–H groups in total. The maximum Gasteiger partial charge on any atom is 0.343 e. The quantitative estimate of drug-likeness (QED) is 0.0776. The molecule has 224 valence electrons. The summed E-state index contributed by atoms with van der Waals surface area (Å²) in [6.07, 6.45) is 8.62. The molecular weight excluding hydrogens is 544 g/mol. The maximum atomic E-state index is 12.8. The lowest BCUT2D eigenvalue weighted by Gasteiger charge is -2.24. The molecule has 0 aliphatic carbocycles. The van der Waals surface area contributed by atoms with Crippen LogP contribution in [-0.2, 0) is 14.3 Å². The lowest BCUT2D eigenvalue weighted by molar-refractivity contribution is -0.142. The van der Waals surface area contributed by atoms with Crippen molar-refractivity contribution in [2.24, 2.45) is 0 Å². The zero-order valence-corrected chi connectivity index (χ0v) is 24.6. The summed E-state index contributed by atoms with van der Waals surface area (Å²) in [4.78, 5) is 36.1. The van der Waals surface area contributed by atoms with Crippen LogP contribution in [0, 0.1) is 0 Å². The molecule has 0 aromatic heterocycles. The molecule has 0 bridgehead atoms. The van der Waals surface area contributed by atoms with Crippen LogP contribution in [-0.4, -0.2) is 30.1 Å². The fourth-order valence-electron chi connectivity index (χ4n) is 4.84. The molecule has 43 heavy (non-hydrogen) atoms. The first-order valence-corrected chi connectivity index (χ1v) is 14.8. The van der Waals surface area contributed by atoms with E-state index in [-0.39, 0.29) is 18.2 Å². The number of hydrogen-bond donors (Lipinski definition) is 0. The van der Waals surface area contributed by atoms with Gasteiger partial charge in [0, 0.05) is 18.1 Å². The zero-order valence-electron chi connectivity index (χ0n) is 24.6. The Kier molecular flexibility index (Phi) is 11.3. The van der Waals surface area contributed by atoms with Crippen LogP contribution in [0.2, 0.25) is 0 Å². The molecule has 4 rings (SSSR count). The van der Waals surface area contributed by atoms with Crippen LogP contribution in [0.1, 0.15) is 68.6 Å². The van der Waals surface area contributed by atoms with E-state index >= 15 is 0 Å². The topological polar surface area (TPSA) is 88.1 Å². The van der Waals surface area contributed by atoms with Gasteiger partial charge in [-0.05, 0) is 72.5 Å². The largest absolute Gasteiger partial charge is 0.487 e. The highest BCUT2D eigenvalue weighted by atomic mass is 16.6. The van der Waals surface area contributed by atoms with Crippen LogP contribution in [0.5, 0.6) is 17.2 Å². The molecule has 0 amide bonds. The number of benzene rings is 3. The average molecular weight is 583 g/mol. The van der Waals surface area contributed by atoms with E-state index in [1.165, 1.54) is 25.7 Å². The summed E-state index contributed by atoms with van der Waals surface area (Å²) in [5.74, 6) is 0.0617. The molecule has 7 heteroatoms. The molecule has 7 nitrogen and oxygen atoms in total. The van der Waals surface area contributed by atoms with Crippen molar-refractivity contribution in [3.05, 3.63) is 103 Å². The van der Waals surface area contributed by atoms with E-state index in [9.17, 15) is 14.4 Å². The van der Waals surface area contributed by atoms with Crippen LogP contribution in [0.25, 0.3) is 11.1 Å². The number of rotatable bonds is 15. The number of unbranched alkanes of at least 4 members (excludes halogenated alkanes) is 5. The van der Waals surface area contributed by atoms with Gasteiger partial charge in [0.25, 0.3) is 0 Å². The van der Waals surface area contributed by atoms with Crippen molar-refractivity contribution in [1.29, 1.82) is 0 Å². The molecule has 1 heterocycles. The first-order chi connectivity index (χ1) is 20.9. The first kappa shape index (κ1) is 31.3. The third-order valence-corrected chi connectivity index (χ3v) is 7.27. The van der Waals surface area contributed by atoms with Crippen molar-refractivity contribution >= 4 is 17.9 Å². The van der Waals surface area contributed by atoms with E-state index in [0.29, 0.717) is 34.8 Å². The molecule has 0 saturated carbocycles. The predicted octanol–water partition coefficient (Wildman–Crippen LogP) is 8.03. The Morgan fingerprint density at radius 3 is 1.95 bits per heavy atom. The SMILES string of the molecule is C=CC(=O)Oc1ccc(-c2ccc(OC(=O)c3ccc(OC(CCCCCCCC)C4CC(=C)C(=O)O4)cc3)cc2)cc1. The van der Waals surface area contributed by atoms with Gasteiger partial charge in [-0.3, -0.25) is 0 Å². The summed E-state index contributed by atoms with van der Waals surface area (Å²) in [7, 11) is 0. The molecule has 0 radical (unpaired) electrons. The summed E-state index contributed by atoms with van der Waals surface area (Å²) in [6, 6.07) is 21.0. The van der Waals surface area contributed by atoms with Crippen LogP contribution >= 0.6 is 0 Å². The van der Waals surface area contributed by atoms with Gasteiger partial charge in [-0.2, -0.15) is 0 Å². The van der Waals surface area contributed by atoms with Crippen molar-refractivity contribution in [1.82, 2.24) is 0 Å². The van der Waals surface area contributed by atoms with Crippen LogP contribution in [0.15, 0.2) is 97.6 Å². The second kappa shape index (κ2) is 15.5. The minimum absolute atomic E-state index is 0.288. The molecule has 1 saturated heterocycles. The number of esters is 3. The maximum absolute atomic E-state index is 12.8. The number of ether oxygens (including phenoxy) is 4. The minimum Gasteiger partial charge on any atom is -0.487 e. The molecule has 1 fully saturated rings. The molecule has 1 aliphatic heterocycles. The zero-order chi connectivity index (χ0) is 30.6. The fourth-order valence-corrected chi connectivity index (χ4v) is 4.84. The molecule has 0 spiro atoms. The number of carbonyl (C=O) groups excluding carboxylic acids is 3. The summed E-state index contributed by atoms with van der Waals surface area (Å²) in [5.41, 5.74) is 2.68. The number of cyclic esters (lactones) is 1. The first-order valence-electron chi connectivity index (χ1n) is 14.8. The highest BCUT2D eigenvalue weighted by molar-refractivity contribution is 5.91. The third kappa shape index (κ3) is 9.17. The van der Waals surface area contributed by atoms with Crippen molar-refractivity contribution in [2.75, 3.05) is 0 Å². The Bertz CT molecular complexity index is 1390. The molecular formula is C36H38O7. The van der Waals surface area contributed by atoms with Crippen molar-refractivity contribution in [3.63, 3.8) is 0 Å². The van der Waals surface area contributed by atoms with E-state index in [1.54, 1.807) is 48.5 Å². The summed E-state index contributed by atoms with van der Waals surface area (Å²) >= 11 is 0. The fraction of sp³-hybridized carbons (Fsp3) is 0.306. The molecule has 2 unspecified atom stereocenters. The van der Waals surface area contributed by atoms with Crippen LogP contribution < -0.4 is 14.2 Å². The average Bonchev–Trinajstić information content (AvgIpc) is 3.36. The smallest absolute Gasteiger partial charge is 0.343 e. The third-order valence-electron chi connectivity index (χ3n) is 7.27. The van der Waals surface area contributed by atoms with Gasteiger partial charge in [-0.25, -0.2) is 14.4 Å². The van der Waals surface area contributed by atoms with Gasteiger partial charge in [-0.1, -0.05) is 76.5 Å². The summed E-state index contributed by atoms with van der Waals surface area (Å²) < 4.78 is 22.5. The monoisotopic (exact) mass is 582 g/mol. The highest BCUT2D eigenvalue weighted by Crippen LogP contribution is 2.29. The van der Waals surface area contributed by atoms with Gasteiger partial charge in [0.05, 0.1) is 5.56 Å². The van der Waals surface area contributed by atoms with E-state index < -0.39 is 11.9 Å². The van der Waals surface area contributed by atoms with Gasteiger partial charge >= 0.3 is 17.9 Å². The van der Waals surface area contributed by atoms with Gasteiger partial charge in [0.15, 0.2) is 0 Å². The summed E-state index contributed by atoms with van der Waals surface area (Å²) in [5, 5.41) is 0. The Balaban J connectivity index is 1.32. The number of carbonyl (C=O) groups is 3. The van der Waals surface area contributed by atoms with Gasteiger partial charge in [0.2, 0.25) is 0 Å². The second-order valence-electron chi connectivity index (χ2n) is 10.6. The molecule has 3 aromatic carbocycles. The molecule has 3 aromatic rings. The van der Waals surface area contributed by atoms with Gasteiger partial charge in [-0.15, -0.1) is 0 Å². The van der Waals surface area contributed by atoms with Crippen molar-refractivity contribution in [3.8, 4) is 28.4 Å². The number of hydrogen-bond acceptors (Lipinski definition) is 7. The normalized spacial score (nSPS) is 15.0. The van der Waals surface area contributed by atoms with Gasteiger partial charge in [0.1, 0.15) is 29.5 Å². The minimum atomic E-state index is -0.517. The predicted molar refractivity (Wildman–Crippen MR) is 165 cm³/mol. The summed E-state index contributed by atoms with van der Waals surface area (Å²) in [6.45, 7) is 9.39. The molecule has 1 aliphatic rings. The highest BCUT2D eigenvalue weighted by Gasteiger charge is 2.35. The van der Waals surface area contributed by atoms with E-state index in [1.807, 2.05) is 24.3 Å². The standard InChI is InChI=1S/C36H38O7/c1-4-6-7-8-9-10-11-32(33-24-25(3)35(38)43-33)40-29-22-16-28(17-23-29)36(39)42-31-20-14-27(15-21-31)26-12-18-30(19-13-26)41-34(37)5-2/h5,12-23,32-33H,2-4,6-11,24H2,1H3. The lowest BCUT2D eigenvalue weighted by Crippen LogP contribution is -2.31. The van der Waals surface area contributed by atoms with Crippen LogP contribution in [0.4, 0.5) is 0 Å². The van der Waals surface area contributed by atoms with E-state index in [0.717, 1.165) is 36.5 Å². The lowest BCUT2D eigenvalue weighted by atomic mass is 10.0. The Morgan fingerprint density at radius 2 is 1.40 bits per heavy atom. The van der Waals surface area contributed by atoms with Crippen molar-refractivity contribution in [2.45, 2.75) is 70.5 Å². The van der Waals surface area contributed by atoms with Crippen LogP contribution in [0.3, 0.4) is 0 Å². The van der Waals surface area contributed by atoms with Crippen molar-refractivity contribution < 1.29 is 33.3 Å². The Hall–Kier alpha value is -4.65. The Morgan fingerprint density at radius 1 is 0.837 bits per heavy atom. The Labute approximate surface area is 253 Å². The van der Waals surface area contributed by atoms with E-state index in [4.69, 9.17) is 18.9 Å².